The lowest BCUT2D eigenvalue weighted by Crippen LogP contribution is -2.56. The van der Waals surface area contributed by atoms with Gasteiger partial charge in [-0.1, -0.05) is 36.7 Å². The molecule has 1 aliphatic heterocycles. The number of rotatable bonds is 10. The van der Waals surface area contributed by atoms with Crippen molar-refractivity contribution < 1.29 is 19.2 Å². The van der Waals surface area contributed by atoms with Gasteiger partial charge in [0.05, 0.1) is 13.5 Å². The highest BCUT2D eigenvalue weighted by Crippen LogP contribution is 2.29. The Balaban J connectivity index is 1.39. The average molecular weight is 469 g/mol. The Kier molecular flexibility index (Phi) is 7.16. The number of fused-ring (bicyclic) bond motifs is 1. The van der Waals surface area contributed by atoms with Crippen LogP contribution in [-0.2, 0) is 12.8 Å². The number of methoxy groups -OCH3 is 1. The second-order valence-corrected chi connectivity index (χ2v) is 8.56. The van der Waals surface area contributed by atoms with Crippen molar-refractivity contribution in [2.45, 2.75) is 59.2 Å². The van der Waals surface area contributed by atoms with E-state index in [1.165, 1.54) is 4.90 Å². The number of benzene rings is 1. The monoisotopic (exact) mass is 468 g/mol. The lowest BCUT2D eigenvalue weighted by Gasteiger charge is -2.40. The molecule has 1 amide bonds. The van der Waals surface area contributed by atoms with E-state index in [-0.39, 0.29) is 5.91 Å². The van der Waals surface area contributed by atoms with Gasteiger partial charge in [0.1, 0.15) is 17.3 Å². The summed E-state index contributed by atoms with van der Waals surface area (Å²) < 4.78 is 10.9. The SMILES string of the molecule is CCCCN1c2nc(C)[nH]c2C(=O)N(CCCc2noc(Cc3cccc(C)c3OC)n2)C1O. The van der Waals surface area contributed by atoms with Crippen LogP contribution in [0.2, 0.25) is 0 Å². The number of aromatic amines is 1. The molecule has 0 fully saturated rings. The molecule has 1 atom stereocenters. The van der Waals surface area contributed by atoms with Crippen molar-refractivity contribution in [1.29, 1.82) is 0 Å². The van der Waals surface area contributed by atoms with Gasteiger partial charge in [0.15, 0.2) is 11.6 Å². The maximum absolute atomic E-state index is 13.0. The van der Waals surface area contributed by atoms with Gasteiger partial charge in [-0.2, -0.15) is 4.98 Å². The maximum atomic E-state index is 13.0. The van der Waals surface area contributed by atoms with Crippen LogP contribution in [0, 0.1) is 13.8 Å². The number of nitrogens with zero attached hydrogens (tertiary/aromatic N) is 5. The first-order chi connectivity index (χ1) is 16.4. The van der Waals surface area contributed by atoms with Crippen molar-refractivity contribution in [3.8, 4) is 5.75 Å². The second-order valence-electron chi connectivity index (χ2n) is 8.56. The Morgan fingerprint density at radius 2 is 1.97 bits per heavy atom. The quantitative estimate of drug-likeness (QED) is 0.466. The van der Waals surface area contributed by atoms with Gasteiger partial charge in [-0.25, -0.2) is 4.98 Å². The number of carbonyl (C=O) groups is 1. The molecular weight excluding hydrogens is 436 g/mol. The van der Waals surface area contributed by atoms with E-state index in [1.807, 2.05) is 25.1 Å². The summed E-state index contributed by atoms with van der Waals surface area (Å²) in [4.78, 5) is 28.2. The number of carbonyl (C=O) groups excluding carboxylic acids is 1. The summed E-state index contributed by atoms with van der Waals surface area (Å²) in [5.41, 5.74) is 2.46. The molecular formula is C24H32N6O4. The van der Waals surface area contributed by atoms with Gasteiger partial charge in [-0.15, -0.1) is 0 Å². The molecule has 0 aliphatic carbocycles. The molecule has 182 valence electrons. The minimum absolute atomic E-state index is 0.254. The van der Waals surface area contributed by atoms with Crippen LogP contribution in [0.3, 0.4) is 0 Å². The van der Waals surface area contributed by atoms with Gasteiger partial charge in [-0.05, 0) is 32.3 Å². The summed E-state index contributed by atoms with van der Waals surface area (Å²) in [6.07, 6.45) is 2.40. The lowest BCUT2D eigenvalue weighted by atomic mass is 10.1. The molecule has 1 unspecified atom stereocenters. The molecule has 0 spiro atoms. The largest absolute Gasteiger partial charge is 0.496 e. The van der Waals surface area contributed by atoms with Crippen molar-refractivity contribution in [3.63, 3.8) is 0 Å². The number of unbranched alkanes of at least 4 members (excludes halogenated alkanes) is 1. The number of nitrogens with one attached hydrogen (secondary N) is 1. The topological polar surface area (TPSA) is 121 Å². The van der Waals surface area contributed by atoms with Crippen LogP contribution < -0.4 is 9.64 Å². The molecule has 0 bridgehead atoms. The lowest BCUT2D eigenvalue weighted by molar-refractivity contribution is 0.000208. The van der Waals surface area contributed by atoms with Gasteiger partial charge in [0, 0.05) is 25.1 Å². The molecule has 10 nitrogen and oxygen atoms in total. The zero-order chi connectivity index (χ0) is 24.2. The second kappa shape index (κ2) is 10.3. The van der Waals surface area contributed by atoms with E-state index < -0.39 is 6.35 Å². The summed E-state index contributed by atoms with van der Waals surface area (Å²) >= 11 is 0. The summed E-state index contributed by atoms with van der Waals surface area (Å²) in [6, 6.07) is 5.95. The first-order valence-electron chi connectivity index (χ1n) is 11.7. The third-order valence-corrected chi connectivity index (χ3v) is 6.01. The Morgan fingerprint density at radius 3 is 2.74 bits per heavy atom. The fraction of sp³-hybridized carbons (Fsp3) is 0.500. The number of anilines is 1. The predicted octanol–water partition coefficient (Wildman–Crippen LogP) is 2.98. The van der Waals surface area contributed by atoms with E-state index in [4.69, 9.17) is 9.26 Å². The van der Waals surface area contributed by atoms with Crippen molar-refractivity contribution >= 4 is 11.7 Å². The van der Waals surface area contributed by atoms with Crippen LogP contribution in [0.5, 0.6) is 5.75 Å². The van der Waals surface area contributed by atoms with Crippen LogP contribution in [0.1, 0.15) is 65.3 Å². The molecule has 1 aliphatic rings. The van der Waals surface area contributed by atoms with Crippen molar-refractivity contribution in [2.24, 2.45) is 0 Å². The highest BCUT2D eigenvalue weighted by molar-refractivity contribution is 5.99. The highest BCUT2D eigenvalue weighted by atomic mass is 16.5. The number of ether oxygens (including phenoxy) is 1. The third-order valence-electron chi connectivity index (χ3n) is 6.01. The average Bonchev–Trinajstić information content (AvgIpc) is 3.42. The summed E-state index contributed by atoms with van der Waals surface area (Å²) in [7, 11) is 1.65. The van der Waals surface area contributed by atoms with E-state index in [0.717, 1.165) is 29.7 Å². The number of H-pyrrole nitrogens is 1. The molecule has 3 aromatic rings. The smallest absolute Gasteiger partial charge is 0.277 e. The van der Waals surface area contributed by atoms with E-state index >= 15 is 0 Å². The predicted molar refractivity (Wildman–Crippen MR) is 126 cm³/mol. The fourth-order valence-corrected chi connectivity index (χ4v) is 4.31. The van der Waals surface area contributed by atoms with Crippen LogP contribution in [-0.4, -0.2) is 62.6 Å². The number of imidazole rings is 1. The molecule has 0 saturated heterocycles. The molecule has 3 heterocycles. The minimum Gasteiger partial charge on any atom is -0.496 e. The van der Waals surface area contributed by atoms with E-state index in [9.17, 15) is 9.90 Å². The number of hydrogen-bond donors (Lipinski definition) is 2. The van der Waals surface area contributed by atoms with Crippen molar-refractivity contribution in [3.05, 3.63) is 52.6 Å². The number of aromatic nitrogens is 4. The van der Waals surface area contributed by atoms with Gasteiger partial charge in [0.2, 0.25) is 12.2 Å². The molecule has 10 heteroatoms. The standard InChI is InChI=1S/C24H32N6O4/c1-5-6-12-29-22-20(25-16(3)26-22)23(31)30(24(29)32)13-8-11-18-27-19(34-28-18)14-17-10-7-9-15(2)21(17)33-4/h7,9-10,24,32H,5-6,8,11-14H2,1-4H3,(H,25,26). The zero-order valence-corrected chi connectivity index (χ0v) is 20.2. The molecule has 0 saturated carbocycles. The molecule has 2 N–H and O–H groups in total. The van der Waals surface area contributed by atoms with E-state index in [1.54, 1.807) is 18.9 Å². The number of amides is 1. The third kappa shape index (κ3) is 4.77. The van der Waals surface area contributed by atoms with Gasteiger partial charge < -0.3 is 24.3 Å². The van der Waals surface area contributed by atoms with Crippen LogP contribution in [0.4, 0.5) is 5.82 Å². The first kappa shape index (κ1) is 23.7. The molecule has 0 radical (unpaired) electrons. The Hall–Kier alpha value is -3.40. The number of aliphatic hydroxyl groups is 1. The number of hydrogen-bond acceptors (Lipinski definition) is 8. The normalized spacial score (nSPS) is 15.7. The number of para-hydroxylation sites is 1. The minimum atomic E-state index is -1.05. The molecule has 2 aromatic heterocycles. The van der Waals surface area contributed by atoms with Gasteiger partial charge in [-0.3, -0.25) is 9.69 Å². The zero-order valence-electron chi connectivity index (χ0n) is 20.2. The number of aryl methyl sites for hydroxylation is 3. The maximum Gasteiger partial charge on any atom is 0.277 e. The molecule has 1 aromatic carbocycles. The van der Waals surface area contributed by atoms with Crippen LogP contribution in [0.25, 0.3) is 0 Å². The van der Waals surface area contributed by atoms with Crippen molar-refractivity contribution in [2.75, 3.05) is 25.1 Å². The fourth-order valence-electron chi connectivity index (χ4n) is 4.31. The Bertz CT molecular complexity index is 1140. The molecule has 34 heavy (non-hydrogen) atoms. The highest BCUT2D eigenvalue weighted by Gasteiger charge is 2.38. The van der Waals surface area contributed by atoms with Gasteiger partial charge >= 0.3 is 0 Å². The van der Waals surface area contributed by atoms with Gasteiger partial charge in [0.25, 0.3) is 5.91 Å². The first-order valence-corrected chi connectivity index (χ1v) is 11.7. The Labute approximate surface area is 198 Å². The Morgan fingerprint density at radius 1 is 1.18 bits per heavy atom. The van der Waals surface area contributed by atoms with E-state index in [2.05, 4.69) is 27.0 Å². The summed E-state index contributed by atoms with van der Waals surface area (Å²) in [6.45, 7) is 6.87. The van der Waals surface area contributed by atoms with Crippen molar-refractivity contribution in [1.82, 2.24) is 25.0 Å². The number of aliphatic hydroxyl groups excluding tert-OH is 1. The summed E-state index contributed by atoms with van der Waals surface area (Å²) in [5.74, 6) is 2.82. The molecule has 4 rings (SSSR count). The summed E-state index contributed by atoms with van der Waals surface area (Å²) in [5, 5.41) is 15.0. The van der Waals surface area contributed by atoms with Crippen LogP contribution >= 0.6 is 0 Å². The van der Waals surface area contributed by atoms with E-state index in [0.29, 0.717) is 61.4 Å². The van der Waals surface area contributed by atoms with Crippen LogP contribution in [0.15, 0.2) is 22.7 Å².